The molecule has 1 unspecified atom stereocenters. The van der Waals surface area contributed by atoms with Gasteiger partial charge in [0, 0.05) is 18.8 Å². The van der Waals surface area contributed by atoms with Crippen molar-refractivity contribution in [3.05, 3.63) is 11.7 Å². The highest BCUT2D eigenvalue weighted by Crippen LogP contribution is 2.43. The molecule has 2 rings (SSSR count). The Bertz CT molecular complexity index is 351. The van der Waals surface area contributed by atoms with E-state index in [0.29, 0.717) is 12.7 Å². The van der Waals surface area contributed by atoms with Crippen molar-refractivity contribution in [2.75, 3.05) is 0 Å². The van der Waals surface area contributed by atoms with Crippen molar-refractivity contribution < 1.29 is 18.1 Å². The molecule has 1 aliphatic carbocycles. The third-order valence-electron chi connectivity index (χ3n) is 2.33. The summed E-state index contributed by atoms with van der Waals surface area (Å²) >= 11 is 0. The van der Waals surface area contributed by atoms with Crippen LogP contribution in [0.5, 0.6) is 0 Å². The number of aldehydes is 1. The van der Waals surface area contributed by atoms with Gasteiger partial charge in [-0.2, -0.15) is 4.98 Å². The van der Waals surface area contributed by atoms with Crippen molar-refractivity contribution in [1.82, 2.24) is 10.1 Å². The summed E-state index contributed by atoms with van der Waals surface area (Å²) in [6.07, 6.45) is 0.335. The molecule has 0 radical (unpaired) electrons. The lowest BCUT2D eigenvalue weighted by Crippen LogP contribution is -2.09. The third-order valence-corrected chi connectivity index (χ3v) is 2.33. The van der Waals surface area contributed by atoms with Gasteiger partial charge in [0.1, 0.15) is 0 Å². The monoisotopic (exact) mass is 202 g/mol. The molecule has 14 heavy (non-hydrogen) atoms. The lowest BCUT2D eigenvalue weighted by molar-refractivity contribution is 0.00749. The minimum Gasteiger partial charge on any atom is -0.331 e. The SMILES string of the molecule is O=Cc1nc(C2CCC(F)(F)C2)no1. The van der Waals surface area contributed by atoms with E-state index in [1.807, 2.05) is 0 Å². The van der Waals surface area contributed by atoms with Gasteiger partial charge < -0.3 is 4.52 Å². The molecular formula is C8H8F2N2O2. The standard InChI is InChI=1S/C8H8F2N2O2/c9-8(10)2-1-5(3-8)7-11-6(4-13)14-12-7/h4-5H,1-3H2. The second kappa shape index (κ2) is 3.11. The first-order valence-electron chi connectivity index (χ1n) is 4.27. The van der Waals surface area contributed by atoms with Crippen LogP contribution in [0.25, 0.3) is 0 Å². The van der Waals surface area contributed by atoms with Crippen molar-refractivity contribution in [3.63, 3.8) is 0 Å². The smallest absolute Gasteiger partial charge is 0.290 e. The maximum atomic E-state index is 12.8. The van der Waals surface area contributed by atoms with Crippen molar-refractivity contribution in [2.24, 2.45) is 0 Å². The summed E-state index contributed by atoms with van der Waals surface area (Å²) in [5, 5.41) is 3.48. The Hall–Kier alpha value is -1.33. The lowest BCUT2D eigenvalue weighted by atomic mass is 10.1. The van der Waals surface area contributed by atoms with Gasteiger partial charge in [-0.25, -0.2) is 8.78 Å². The van der Waals surface area contributed by atoms with Crippen LogP contribution in [0, 0.1) is 0 Å². The van der Waals surface area contributed by atoms with Crippen LogP contribution in [-0.4, -0.2) is 22.3 Å². The first-order chi connectivity index (χ1) is 6.61. The number of hydrogen-bond acceptors (Lipinski definition) is 4. The molecule has 76 valence electrons. The zero-order valence-corrected chi connectivity index (χ0v) is 7.24. The van der Waals surface area contributed by atoms with E-state index in [1.165, 1.54) is 0 Å². The number of rotatable bonds is 2. The summed E-state index contributed by atoms with van der Waals surface area (Å²) in [6.45, 7) is 0. The Balaban J connectivity index is 2.13. The molecule has 0 saturated heterocycles. The van der Waals surface area contributed by atoms with Gasteiger partial charge in [0.15, 0.2) is 5.82 Å². The zero-order valence-electron chi connectivity index (χ0n) is 7.24. The van der Waals surface area contributed by atoms with Crippen LogP contribution in [0.15, 0.2) is 4.52 Å². The second-order valence-electron chi connectivity index (χ2n) is 3.40. The average Bonchev–Trinajstić information content (AvgIpc) is 2.70. The fourth-order valence-electron chi connectivity index (χ4n) is 1.63. The molecular weight excluding hydrogens is 194 g/mol. The summed E-state index contributed by atoms with van der Waals surface area (Å²) in [6, 6.07) is 0. The largest absolute Gasteiger partial charge is 0.331 e. The van der Waals surface area contributed by atoms with Crippen molar-refractivity contribution in [1.29, 1.82) is 0 Å². The van der Waals surface area contributed by atoms with Crippen molar-refractivity contribution in [3.8, 4) is 0 Å². The minimum atomic E-state index is -2.63. The van der Waals surface area contributed by atoms with Crippen molar-refractivity contribution >= 4 is 6.29 Å². The van der Waals surface area contributed by atoms with E-state index in [9.17, 15) is 13.6 Å². The highest BCUT2D eigenvalue weighted by molar-refractivity contribution is 5.66. The number of carbonyl (C=O) groups is 1. The van der Waals surface area contributed by atoms with Crippen LogP contribution < -0.4 is 0 Å². The fourth-order valence-corrected chi connectivity index (χ4v) is 1.63. The van der Waals surface area contributed by atoms with Gasteiger partial charge in [-0.15, -0.1) is 0 Å². The molecule has 1 aliphatic rings. The highest BCUT2D eigenvalue weighted by Gasteiger charge is 2.41. The van der Waals surface area contributed by atoms with Gasteiger partial charge in [-0.3, -0.25) is 4.79 Å². The molecule has 4 nitrogen and oxygen atoms in total. The molecule has 0 amide bonds. The normalized spacial score (nSPS) is 25.1. The van der Waals surface area contributed by atoms with E-state index >= 15 is 0 Å². The third kappa shape index (κ3) is 1.64. The van der Waals surface area contributed by atoms with Gasteiger partial charge in [0.05, 0.1) is 0 Å². The van der Waals surface area contributed by atoms with Crippen LogP contribution in [0.4, 0.5) is 8.78 Å². The van der Waals surface area contributed by atoms with E-state index in [-0.39, 0.29) is 30.5 Å². The number of hydrogen-bond donors (Lipinski definition) is 0. The Labute approximate surface area is 78.3 Å². The molecule has 1 atom stereocenters. The molecule has 0 spiro atoms. The van der Waals surface area contributed by atoms with E-state index in [4.69, 9.17) is 0 Å². The predicted molar refractivity (Wildman–Crippen MR) is 41.2 cm³/mol. The Morgan fingerprint density at radius 1 is 1.57 bits per heavy atom. The number of alkyl halides is 2. The molecule has 1 aromatic rings. The number of carbonyl (C=O) groups excluding carboxylic acids is 1. The molecule has 6 heteroatoms. The topological polar surface area (TPSA) is 56.0 Å². The molecule has 0 bridgehead atoms. The van der Waals surface area contributed by atoms with Crippen LogP contribution in [0.1, 0.15) is 41.7 Å². The van der Waals surface area contributed by atoms with E-state index in [0.717, 1.165) is 0 Å². The maximum absolute atomic E-state index is 12.8. The van der Waals surface area contributed by atoms with Crippen LogP contribution in [-0.2, 0) is 0 Å². The van der Waals surface area contributed by atoms with Gasteiger partial charge >= 0.3 is 0 Å². The van der Waals surface area contributed by atoms with E-state index in [2.05, 4.69) is 14.7 Å². The van der Waals surface area contributed by atoms with Crippen molar-refractivity contribution in [2.45, 2.75) is 31.1 Å². The summed E-state index contributed by atoms with van der Waals surface area (Å²) in [5.74, 6) is -2.96. The Morgan fingerprint density at radius 2 is 2.36 bits per heavy atom. The summed E-state index contributed by atoms with van der Waals surface area (Å²) in [5.41, 5.74) is 0. The molecule has 1 fully saturated rings. The minimum absolute atomic E-state index is 0.150. The maximum Gasteiger partial charge on any atom is 0.290 e. The molecule has 1 heterocycles. The van der Waals surface area contributed by atoms with Gasteiger partial charge in [0.2, 0.25) is 12.2 Å². The zero-order chi connectivity index (χ0) is 10.2. The number of aromatic nitrogens is 2. The molecule has 1 aromatic heterocycles. The summed E-state index contributed by atoms with van der Waals surface area (Å²) in [4.78, 5) is 13.9. The number of halogens is 2. The summed E-state index contributed by atoms with van der Waals surface area (Å²) in [7, 11) is 0. The fraction of sp³-hybridized carbons (Fsp3) is 0.625. The average molecular weight is 202 g/mol. The first-order valence-corrected chi connectivity index (χ1v) is 4.27. The van der Waals surface area contributed by atoms with E-state index in [1.54, 1.807) is 0 Å². The predicted octanol–water partition coefficient (Wildman–Crippen LogP) is 1.78. The van der Waals surface area contributed by atoms with Crippen LogP contribution >= 0.6 is 0 Å². The van der Waals surface area contributed by atoms with Crippen LogP contribution in [0.3, 0.4) is 0 Å². The van der Waals surface area contributed by atoms with Crippen LogP contribution in [0.2, 0.25) is 0 Å². The molecule has 0 aromatic carbocycles. The molecule has 1 saturated carbocycles. The second-order valence-corrected chi connectivity index (χ2v) is 3.40. The molecule has 0 aliphatic heterocycles. The summed E-state index contributed by atoms with van der Waals surface area (Å²) < 4.78 is 30.1. The highest BCUT2D eigenvalue weighted by atomic mass is 19.3. The molecule has 0 N–H and O–H groups in total. The first kappa shape index (κ1) is 9.23. The number of nitrogens with zero attached hydrogens (tertiary/aromatic N) is 2. The quantitative estimate of drug-likeness (QED) is 0.686. The van der Waals surface area contributed by atoms with E-state index < -0.39 is 5.92 Å². The Kier molecular flexibility index (Phi) is 2.05. The lowest BCUT2D eigenvalue weighted by Gasteiger charge is -2.06. The Morgan fingerprint density at radius 3 is 2.86 bits per heavy atom. The van der Waals surface area contributed by atoms with Gasteiger partial charge in [-0.1, -0.05) is 5.16 Å². The van der Waals surface area contributed by atoms with Gasteiger partial charge in [0.25, 0.3) is 5.89 Å². The van der Waals surface area contributed by atoms with Gasteiger partial charge in [-0.05, 0) is 6.42 Å².